The van der Waals surface area contributed by atoms with E-state index in [0.29, 0.717) is 6.04 Å². The van der Waals surface area contributed by atoms with Gasteiger partial charge in [0.05, 0.1) is 12.6 Å². The van der Waals surface area contributed by atoms with E-state index in [4.69, 9.17) is 5.11 Å². The fraction of sp³-hybridized carbons (Fsp3) is 0.588. The average molecular weight is 305 g/mol. The highest BCUT2D eigenvalue weighted by Crippen LogP contribution is 2.20. The predicted molar refractivity (Wildman–Crippen MR) is 87.6 cm³/mol. The Morgan fingerprint density at radius 1 is 1.41 bits per heavy atom. The fourth-order valence-corrected chi connectivity index (χ4v) is 2.93. The maximum Gasteiger partial charge on any atom is 0.315 e. The molecule has 3 N–H and O–H groups in total. The third-order valence-corrected chi connectivity index (χ3v) is 4.32. The topological polar surface area (TPSA) is 64.6 Å². The molecule has 0 spiro atoms. The van der Waals surface area contributed by atoms with Crippen molar-refractivity contribution in [1.29, 1.82) is 0 Å². The SMILES string of the molecule is CCC(CO)NC(=O)NC1CC(C)N(Cc2ccccc2)C1. The summed E-state index contributed by atoms with van der Waals surface area (Å²) in [6, 6.07) is 10.7. The van der Waals surface area contributed by atoms with Crippen LogP contribution in [0.5, 0.6) is 0 Å². The van der Waals surface area contributed by atoms with Crippen LogP contribution in [0.3, 0.4) is 0 Å². The Morgan fingerprint density at radius 3 is 2.77 bits per heavy atom. The average Bonchev–Trinajstić information content (AvgIpc) is 2.85. The van der Waals surface area contributed by atoms with Gasteiger partial charge in [0, 0.05) is 25.2 Å². The molecule has 5 heteroatoms. The van der Waals surface area contributed by atoms with E-state index in [2.05, 4.69) is 46.7 Å². The lowest BCUT2D eigenvalue weighted by Crippen LogP contribution is -2.47. The van der Waals surface area contributed by atoms with Gasteiger partial charge in [-0.3, -0.25) is 4.90 Å². The monoisotopic (exact) mass is 305 g/mol. The van der Waals surface area contributed by atoms with E-state index in [0.717, 1.165) is 25.9 Å². The van der Waals surface area contributed by atoms with Crippen LogP contribution in [0.25, 0.3) is 0 Å². The van der Waals surface area contributed by atoms with E-state index in [1.54, 1.807) is 0 Å². The van der Waals surface area contributed by atoms with Gasteiger partial charge in [0.2, 0.25) is 0 Å². The van der Waals surface area contributed by atoms with E-state index in [1.807, 2.05) is 13.0 Å². The van der Waals surface area contributed by atoms with Crippen LogP contribution in [0.2, 0.25) is 0 Å². The summed E-state index contributed by atoms with van der Waals surface area (Å²) in [4.78, 5) is 14.3. The number of carbonyl (C=O) groups is 1. The molecule has 5 nitrogen and oxygen atoms in total. The molecule has 1 heterocycles. The van der Waals surface area contributed by atoms with Gasteiger partial charge in [-0.1, -0.05) is 37.3 Å². The lowest BCUT2D eigenvalue weighted by molar-refractivity contribution is 0.211. The lowest BCUT2D eigenvalue weighted by Gasteiger charge is -2.21. The molecule has 122 valence electrons. The van der Waals surface area contributed by atoms with Gasteiger partial charge in [0.1, 0.15) is 0 Å². The first-order chi connectivity index (χ1) is 10.6. The number of rotatable bonds is 6. The van der Waals surface area contributed by atoms with Gasteiger partial charge in [-0.15, -0.1) is 0 Å². The van der Waals surface area contributed by atoms with E-state index >= 15 is 0 Å². The second-order valence-electron chi connectivity index (χ2n) is 6.10. The minimum Gasteiger partial charge on any atom is -0.394 e. The van der Waals surface area contributed by atoms with Gasteiger partial charge in [-0.05, 0) is 25.3 Å². The van der Waals surface area contributed by atoms with Crippen LogP contribution in [0.4, 0.5) is 4.79 Å². The summed E-state index contributed by atoms with van der Waals surface area (Å²) in [6.07, 6.45) is 1.68. The predicted octanol–water partition coefficient (Wildman–Crippen LogP) is 1.72. The first-order valence-electron chi connectivity index (χ1n) is 8.08. The van der Waals surface area contributed by atoms with E-state index in [1.165, 1.54) is 5.56 Å². The number of amides is 2. The van der Waals surface area contributed by atoms with E-state index < -0.39 is 0 Å². The second kappa shape index (κ2) is 8.15. The molecule has 1 fully saturated rings. The molecular weight excluding hydrogens is 278 g/mol. The van der Waals surface area contributed by atoms with Crippen molar-refractivity contribution >= 4 is 6.03 Å². The summed E-state index contributed by atoms with van der Waals surface area (Å²) >= 11 is 0. The van der Waals surface area contributed by atoms with Crippen LogP contribution in [0.15, 0.2) is 30.3 Å². The molecule has 2 rings (SSSR count). The van der Waals surface area contributed by atoms with Crippen molar-refractivity contribution in [3.05, 3.63) is 35.9 Å². The first kappa shape index (κ1) is 16.8. The van der Waals surface area contributed by atoms with Crippen molar-refractivity contribution in [3.63, 3.8) is 0 Å². The first-order valence-corrected chi connectivity index (χ1v) is 8.08. The molecule has 1 saturated heterocycles. The van der Waals surface area contributed by atoms with Crippen molar-refractivity contribution < 1.29 is 9.90 Å². The Morgan fingerprint density at radius 2 is 2.14 bits per heavy atom. The molecule has 1 aliphatic heterocycles. The maximum absolute atomic E-state index is 11.9. The molecule has 1 aromatic rings. The molecule has 22 heavy (non-hydrogen) atoms. The summed E-state index contributed by atoms with van der Waals surface area (Å²) in [5.41, 5.74) is 1.30. The molecule has 2 amide bonds. The number of nitrogens with zero attached hydrogens (tertiary/aromatic N) is 1. The summed E-state index contributed by atoms with van der Waals surface area (Å²) in [5.74, 6) is 0. The summed E-state index contributed by atoms with van der Waals surface area (Å²) in [6.45, 7) is 5.89. The molecule has 1 aliphatic rings. The standard InChI is InChI=1S/C17H27N3O2/c1-3-15(12-21)18-17(22)19-16-9-13(2)20(11-16)10-14-7-5-4-6-8-14/h4-8,13,15-16,21H,3,9-12H2,1-2H3,(H2,18,19,22). The number of aliphatic hydroxyl groups excluding tert-OH is 1. The third-order valence-electron chi connectivity index (χ3n) is 4.32. The largest absolute Gasteiger partial charge is 0.394 e. The van der Waals surface area contributed by atoms with Crippen molar-refractivity contribution in [2.24, 2.45) is 0 Å². The lowest BCUT2D eigenvalue weighted by atomic mass is 10.2. The molecule has 3 atom stereocenters. The van der Waals surface area contributed by atoms with Gasteiger partial charge in [-0.2, -0.15) is 0 Å². The van der Waals surface area contributed by atoms with Crippen LogP contribution >= 0.6 is 0 Å². The molecule has 0 aliphatic carbocycles. The van der Waals surface area contributed by atoms with Crippen molar-refractivity contribution in [1.82, 2.24) is 15.5 Å². The Bertz CT molecular complexity index is 462. The summed E-state index contributed by atoms with van der Waals surface area (Å²) in [5, 5.41) is 15.0. The van der Waals surface area contributed by atoms with Crippen LogP contribution in [-0.2, 0) is 6.54 Å². The van der Waals surface area contributed by atoms with Gasteiger partial charge >= 0.3 is 6.03 Å². The molecule has 0 bridgehead atoms. The van der Waals surface area contributed by atoms with E-state index in [-0.39, 0.29) is 24.7 Å². The molecule has 3 unspecified atom stereocenters. The number of hydrogen-bond acceptors (Lipinski definition) is 3. The van der Waals surface area contributed by atoms with Gasteiger partial charge < -0.3 is 15.7 Å². The molecule has 1 aromatic carbocycles. The maximum atomic E-state index is 11.9. The number of aliphatic hydroxyl groups is 1. The zero-order valence-corrected chi connectivity index (χ0v) is 13.5. The zero-order chi connectivity index (χ0) is 15.9. The minimum absolute atomic E-state index is 0.0227. The Balaban J connectivity index is 1.81. The molecule has 0 saturated carbocycles. The number of benzene rings is 1. The van der Waals surface area contributed by atoms with E-state index in [9.17, 15) is 4.79 Å². The van der Waals surface area contributed by atoms with Crippen molar-refractivity contribution in [2.75, 3.05) is 13.2 Å². The zero-order valence-electron chi connectivity index (χ0n) is 13.5. The van der Waals surface area contributed by atoms with Crippen molar-refractivity contribution in [3.8, 4) is 0 Å². The number of nitrogens with one attached hydrogen (secondary N) is 2. The normalized spacial score (nSPS) is 23.2. The quantitative estimate of drug-likeness (QED) is 0.750. The Hall–Kier alpha value is -1.59. The third kappa shape index (κ3) is 4.71. The summed E-state index contributed by atoms with van der Waals surface area (Å²) in [7, 11) is 0. The minimum atomic E-state index is -0.181. The Labute approximate surface area is 132 Å². The van der Waals surface area contributed by atoms with Crippen LogP contribution in [0, 0.1) is 0 Å². The molecule has 0 radical (unpaired) electrons. The fourth-order valence-electron chi connectivity index (χ4n) is 2.93. The van der Waals surface area contributed by atoms with Gasteiger partial charge in [0.25, 0.3) is 0 Å². The van der Waals surface area contributed by atoms with Crippen LogP contribution in [0.1, 0.15) is 32.3 Å². The highest BCUT2D eigenvalue weighted by atomic mass is 16.3. The van der Waals surface area contributed by atoms with Crippen LogP contribution < -0.4 is 10.6 Å². The highest BCUT2D eigenvalue weighted by molar-refractivity contribution is 5.74. The number of hydrogen-bond donors (Lipinski definition) is 3. The smallest absolute Gasteiger partial charge is 0.315 e. The highest BCUT2D eigenvalue weighted by Gasteiger charge is 2.30. The number of urea groups is 1. The van der Waals surface area contributed by atoms with Gasteiger partial charge in [-0.25, -0.2) is 4.79 Å². The number of likely N-dealkylation sites (tertiary alicyclic amines) is 1. The second-order valence-corrected chi connectivity index (χ2v) is 6.10. The molecular formula is C17H27N3O2. The molecule has 0 aromatic heterocycles. The number of carbonyl (C=O) groups excluding carboxylic acids is 1. The Kier molecular flexibility index (Phi) is 6.21. The van der Waals surface area contributed by atoms with Crippen molar-refractivity contribution in [2.45, 2.75) is 51.4 Å². The van der Waals surface area contributed by atoms with Crippen LogP contribution in [-0.4, -0.2) is 47.3 Å². The van der Waals surface area contributed by atoms with Gasteiger partial charge in [0.15, 0.2) is 0 Å². The summed E-state index contributed by atoms with van der Waals surface area (Å²) < 4.78 is 0.